The maximum absolute atomic E-state index is 12.0. The molecule has 0 spiro atoms. The van der Waals surface area contributed by atoms with E-state index in [9.17, 15) is 9.59 Å². The molecule has 0 saturated heterocycles. The van der Waals surface area contributed by atoms with Gasteiger partial charge in [-0.3, -0.25) is 9.59 Å². The van der Waals surface area contributed by atoms with Gasteiger partial charge in [0.25, 0.3) is 5.91 Å². The van der Waals surface area contributed by atoms with Crippen LogP contribution in [0.1, 0.15) is 40.0 Å². The Morgan fingerprint density at radius 1 is 1.12 bits per heavy atom. The van der Waals surface area contributed by atoms with Gasteiger partial charge in [-0.15, -0.1) is 0 Å². The number of nitrogens with two attached hydrogens (primary N) is 1. The molecule has 0 aromatic rings. The van der Waals surface area contributed by atoms with Crippen molar-refractivity contribution in [2.75, 3.05) is 6.54 Å². The van der Waals surface area contributed by atoms with E-state index in [2.05, 4.69) is 5.32 Å². The lowest BCUT2D eigenvalue weighted by molar-refractivity contribution is -0.156. The van der Waals surface area contributed by atoms with Gasteiger partial charge in [0.05, 0.1) is 0 Å². The van der Waals surface area contributed by atoms with Crippen molar-refractivity contribution < 1.29 is 14.3 Å². The van der Waals surface area contributed by atoms with Crippen molar-refractivity contribution >= 4 is 11.9 Å². The number of esters is 1. The Hall–Kier alpha value is -2.14. The highest BCUT2D eigenvalue weighted by Gasteiger charge is 2.21. The molecule has 1 unspecified atom stereocenters. The average Bonchev–Trinajstić information content (AvgIpc) is 2.44. The first-order chi connectivity index (χ1) is 11.3. The SMILES string of the molecule is CC(C)(C)OC(=O)C(N)CCCCNC(=O)C1=C/C=C\C=C/C=C1. The van der Waals surface area contributed by atoms with Gasteiger partial charge in [0.15, 0.2) is 0 Å². The number of allylic oxidation sites excluding steroid dienone is 6. The topological polar surface area (TPSA) is 81.4 Å². The van der Waals surface area contributed by atoms with Crippen LogP contribution in [0.3, 0.4) is 0 Å². The zero-order chi connectivity index (χ0) is 18.0. The van der Waals surface area contributed by atoms with E-state index in [0.29, 0.717) is 18.5 Å². The van der Waals surface area contributed by atoms with E-state index in [0.717, 1.165) is 12.8 Å². The largest absolute Gasteiger partial charge is 0.459 e. The molecule has 1 rings (SSSR count). The summed E-state index contributed by atoms with van der Waals surface area (Å²) in [5.41, 5.74) is 5.91. The first-order valence-electron chi connectivity index (χ1n) is 8.28. The molecule has 1 aliphatic rings. The summed E-state index contributed by atoms with van der Waals surface area (Å²) < 4.78 is 5.24. The zero-order valence-electron chi connectivity index (χ0n) is 14.7. The Labute approximate surface area is 144 Å². The molecule has 132 valence electrons. The minimum absolute atomic E-state index is 0.109. The Kier molecular flexibility index (Phi) is 8.19. The number of hydrogen-bond donors (Lipinski definition) is 2. The van der Waals surface area contributed by atoms with Crippen molar-refractivity contribution in [2.45, 2.75) is 51.7 Å². The minimum atomic E-state index is -0.618. The van der Waals surface area contributed by atoms with Crippen molar-refractivity contribution in [3.05, 3.63) is 48.1 Å². The lowest BCUT2D eigenvalue weighted by Crippen LogP contribution is -2.37. The second kappa shape index (κ2) is 9.88. The van der Waals surface area contributed by atoms with Gasteiger partial charge in [-0.1, -0.05) is 30.4 Å². The van der Waals surface area contributed by atoms with Crippen LogP contribution >= 0.6 is 0 Å². The predicted molar refractivity (Wildman–Crippen MR) is 96.2 cm³/mol. The number of carbonyl (C=O) groups excluding carboxylic acids is 2. The summed E-state index contributed by atoms with van der Waals surface area (Å²) in [7, 11) is 0. The number of nitrogens with one attached hydrogen (secondary N) is 1. The van der Waals surface area contributed by atoms with Crippen LogP contribution in [0, 0.1) is 0 Å². The molecular weight excluding hydrogens is 304 g/mol. The van der Waals surface area contributed by atoms with Gasteiger partial charge in [-0.05, 0) is 52.2 Å². The summed E-state index contributed by atoms with van der Waals surface area (Å²) in [6, 6.07) is -0.618. The Morgan fingerprint density at radius 2 is 1.79 bits per heavy atom. The Bertz CT molecular complexity index is 551. The van der Waals surface area contributed by atoms with Crippen LogP contribution in [0.5, 0.6) is 0 Å². The molecule has 24 heavy (non-hydrogen) atoms. The van der Waals surface area contributed by atoms with Gasteiger partial charge in [0, 0.05) is 12.1 Å². The standard InChI is InChI=1S/C19H28N2O3/c1-19(2,3)24-18(23)16(20)13-9-10-14-21-17(22)15-11-7-5-4-6-8-12-15/h4-8,11-12,16H,9-10,13-14,20H2,1-3H3,(H,21,22)/b5-4-,6-4?,7-5?,8-6-,11-7?,12-8?,15-11?,15-12?. The molecule has 0 fully saturated rings. The van der Waals surface area contributed by atoms with E-state index in [1.807, 2.05) is 51.2 Å². The highest BCUT2D eigenvalue weighted by atomic mass is 16.6. The van der Waals surface area contributed by atoms with Crippen LogP contribution in [0.2, 0.25) is 0 Å². The number of ether oxygens (including phenoxy) is 1. The molecule has 0 radical (unpaired) electrons. The van der Waals surface area contributed by atoms with Crippen molar-refractivity contribution in [2.24, 2.45) is 5.73 Å². The lowest BCUT2D eigenvalue weighted by Gasteiger charge is -2.22. The first-order valence-corrected chi connectivity index (χ1v) is 8.28. The normalized spacial score (nSPS) is 17.9. The van der Waals surface area contributed by atoms with E-state index in [1.54, 1.807) is 12.2 Å². The van der Waals surface area contributed by atoms with E-state index >= 15 is 0 Å². The molecular formula is C19H28N2O3. The molecule has 5 heteroatoms. The summed E-state index contributed by atoms with van der Waals surface area (Å²) in [4.78, 5) is 23.8. The van der Waals surface area contributed by atoms with E-state index < -0.39 is 11.6 Å². The van der Waals surface area contributed by atoms with Crippen LogP contribution in [0.4, 0.5) is 0 Å². The molecule has 0 aromatic carbocycles. The number of amides is 1. The Morgan fingerprint density at radius 3 is 2.50 bits per heavy atom. The molecule has 1 amide bonds. The van der Waals surface area contributed by atoms with Gasteiger partial charge < -0.3 is 15.8 Å². The van der Waals surface area contributed by atoms with Gasteiger partial charge in [-0.2, -0.15) is 0 Å². The molecule has 1 atom stereocenters. The van der Waals surface area contributed by atoms with Gasteiger partial charge in [-0.25, -0.2) is 0 Å². The first kappa shape index (κ1) is 19.9. The quantitative estimate of drug-likeness (QED) is 0.554. The van der Waals surface area contributed by atoms with Gasteiger partial charge >= 0.3 is 5.97 Å². The fourth-order valence-electron chi connectivity index (χ4n) is 2.01. The maximum Gasteiger partial charge on any atom is 0.323 e. The fourth-order valence-corrected chi connectivity index (χ4v) is 2.01. The van der Waals surface area contributed by atoms with Crippen LogP contribution in [0.15, 0.2) is 48.1 Å². The average molecular weight is 332 g/mol. The highest BCUT2D eigenvalue weighted by Crippen LogP contribution is 2.10. The molecule has 5 nitrogen and oxygen atoms in total. The van der Waals surface area contributed by atoms with E-state index in [-0.39, 0.29) is 11.9 Å². The van der Waals surface area contributed by atoms with Crippen molar-refractivity contribution in [3.8, 4) is 0 Å². The monoisotopic (exact) mass is 332 g/mol. The molecule has 0 saturated carbocycles. The molecule has 1 aliphatic carbocycles. The second-order valence-corrected chi connectivity index (χ2v) is 6.64. The third-order valence-corrected chi connectivity index (χ3v) is 3.20. The molecule has 0 aliphatic heterocycles. The number of carbonyl (C=O) groups is 2. The fraction of sp³-hybridized carbons (Fsp3) is 0.474. The van der Waals surface area contributed by atoms with Crippen LogP contribution in [-0.2, 0) is 14.3 Å². The van der Waals surface area contributed by atoms with Crippen LogP contribution < -0.4 is 11.1 Å². The zero-order valence-corrected chi connectivity index (χ0v) is 14.7. The third kappa shape index (κ3) is 8.48. The summed E-state index contributed by atoms with van der Waals surface area (Å²) in [6.07, 6.45) is 14.9. The minimum Gasteiger partial charge on any atom is -0.459 e. The number of hydrogen-bond acceptors (Lipinski definition) is 4. The van der Waals surface area contributed by atoms with Crippen molar-refractivity contribution in [3.63, 3.8) is 0 Å². The Balaban J connectivity index is 2.24. The number of unbranched alkanes of at least 4 members (excludes halogenated alkanes) is 1. The van der Waals surface area contributed by atoms with Crippen molar-refractivity contribution in [1.82, 2.24) is 5.32 Å². The van der Waals surface area contributed by atoms with E-state index in [1.165, 1.54) is 0 Å². The number of rotatable bonds is 7. The molecule has 0 bridgehead atoms. The van der Waals surface area contributed by atoms with Gasteiger partial charge in [0.2, 0.25) is 0 Å². The second-order valence-electron chi connectivity index (χ2n) is 6.64. The predicted octanol–water partition coefficient (Wildman–Crippen LogP) is 2.55. The van der Waals surface area contributed by atoms with Gasteiger partial charge in [0.1, 0.15) is 11.6 Å². The van der Waals surface area contributed by atoms with Crippen molar-refractivity contribution in [1.29, 1.82) is 0 Å². The summed E-state index contributed by atoms with van der Waals surface area (Å²) in [6.45, 7) is 5.99. The van der Waals surface area contributed by atoms with Crippen LogP contribution in [0.25, 0.3) is 0 Å². The summed E-state index contributed by atoms with van der Waals surface area (Å²) in [5, 5.41) is 2.87. The molecule has 3 N–H and O–H groups in total. The molecule has 0 heterocycles. The third-order valence-electron chi connectivity index (χ3n) is 3.20. The smallest absolute Gasteiger partial charge is 0.323 e. The maximum atomic E-state index is 12.0. The van der Waals surface area contributed by atoms with Crippen LogP contribution in [-0.4, -0.2) is 30.1 Å². The summed E-state index contributed by atoms with van der Waals surface area (Å²) in [5.74, 6) is -0.487. The van der Waals surface area contributed by atoms with E-state index in [4.69, 9.17) is 10.5 Å². The highest BCUT2D eigenvalue weighted by molar-refractivity contribution is 5.96. The lowest BCUT2D eigenvalue weighted by atomic mass is 10.1. The summed E-state index contributed by atoms with van der Waals surface area (Å²) >= 11 is 0. The molecule has 0 aromatic heterocycles.